The average molecular weight is 341 g/mol. The van der Waals surface area contributed by atoms with Crippen LogP contribution in [-0.4, -0.2) is 29.0 Å². The Morgan fingerprint density at radius 2 is 2.04 bits per heavy atom. The third-order valence-corrected chi connectivity index (χ3v) is 4.03. The summed E-state index contributed by atoms with van der Waals surface area (Å²) in [4.78, 5) is 19.3. The molecule has 2 N–H and O–H groups in total. The van der Waals surface area contributed by atoms with E-state index < -0.39 is 0 Å². The lowest BCUT2D eigenvalue weighted by Gasteiger charge is -2.08. The fraction of sp³-hybridized carbons (Fsp3) is 0.263. The lowest BCUT2D eigenvalue weighted by molar-refractivity contribution is -0.123. The maximum absolute atomic E-state index is 13.2. The van der Waals surface area contributed by atoms with Gasteiger partial charge in [0.15, 0.2) is 6.61 Å². The number of benzene rings is 2. The molecule has 0 unspecified atom stereocenters. The minimum absolute atomic E-state index is 0.0339. The first-order valence-corrected chi connectivity index (χ1v) is 8.12. The van der Waals surface area contributed by atoms with Crippen molar-refractivity contribution in [3.63, 3.8) is 0 Å². The normalized spacial score (nSPS) is 10.8. The first kappa shape index (κ1) is 17.0. The highest BCUT2D eigenvalue weighted by atomic mass is 19.1. The maximum atomic E-state index is 13.2. The van der Waals surface area contributed by atoms with E-state index in [4.69, 9.17) is 4.74 Å². The van der Waals surface area contributed by atoms with Crippen molar-refractivity contribution in [1.82, 2.24) is 15.3 Å². The van der Waals surface area contributed by atoms with Crippen molar-refractivity contribution in [2.75, 3.05) is 13.2 Å². The Morgan fingerprint density at radius 1 is 1.20 bits per heavy atom. The molecular weight excluding hydrogens is 321 g/mol. The number of imidazole rings is 1. The van der Waals surface area contributed by atoms with Gasteiger partial charge >= 0.3 is 0 Å². The molecule has 0 saturated carbocycles. The molecular formula is C19H20FN3O2. The van der Waals surface area contributed by atoms with Crippen LogP contribution in [0.1, 0.15) is 17.0 Å². The van der Waals surface area contributed by atoms with E-state index in [0.29, 0.717) is 35.6 Å². The lowest BCUT2D eigenvalue weighted by atomic mass is 10.1. The Kier molecular flexibility index (Phi) is 4.97. The van der Waals surface area contributed by atoms with Crippen molar-refractivity contribution in [2.45, 2.75) is 20.3 Å². The average Bonchev–Trinajstić information content (AvgIpc) is 2.97. The third kappa shape index (κ3) is 4.35. The van der Waals surface area contributed by atoms with Crippen molar-refractivity contribution in [1.29, 1.82) is 0 Å². The van der Waals surface area contributed by atoms with Gasteiger partial charge in [0.25, 0.3) is 5.91 Å². The Hall–Kier alpha value is -2.89. The first-order valence-electron chi connectivity index (χ1n) is 8.12. The molecule has 0 radical (unpaired) electrons. The number of aromatic nitrogens is 2. The molecule has 0 aliphatic carbocycles. The van der Waals surface area contributed by atoms with Gasteiger partial charge in [-0.25, -0.2) is 9.37 Å². The molecule has 25 heavy (non-hydrogen) atoms. The summed E-state index contributed by atoms with van der Waals surface area (Å²) in [5, 5.41) is 2.79. The molecule has 1 aromatic heterocycles. The van der Waals surface area contributed by atoms with Gasteiger partial charge in [0.1, 0.15) is 17.4 Å². The van der Waals surface area contributed by atoms with Crippen LogP contribution in [0.15, 0.2) is 36.4 Å². The Labute approximate surface area is 145 Å². The van der Waals surface area contributed by atoms with Gasteiger partial charge in [0.2, 0.25) is 0 Å². The summed E-state index contributed by atoms with van der Waals surface area (Å²) in [6, 6.07) is 10.1. The summed E-state index contributed by atoms with van der Waals surface area (Å²) >= 11 is 0. The van der Waals surface area contributed by atoms with Crippen molar-refractivity contribution < 1.29 is 13.9 Å². The largest absolute Gasteiger partial charge is 0.484 e. The molecule has 2 aromatic carbocycles. The van der Waals surface area contributed by atoms with Gasteiger partial charge in [0.05, 0.1) is 11.0 Å². The number of aromatic amines is 1. The van der Waals surface area contributed by atoms with Gasteiger partial charge in [-0.15, -0.1) is 0 Å². The van der Waals surface area contributed by atoms with E-state index in [1.165, 1.54) is 17.7 Å². The van der Waals surface area contributed by atoms with Gasteiger partial charge < -0.3 is 15.0 Å². The molecule has 0 spiro atoms. The van der Waals surface area contributed by atoms with Crippen LogP contribution < -0.4 is 10.1 Å². The SMILES string of the molecule is Cc1ccc(OCC(=O)NCCc2nc3ccc(F)cc3[nH]2)cc1C. The molecule has 0 aliphatic rings. The van der Waals surface area contributed by atoms with E-state index in [-0.39, 0.29) is 18.3 Å². The molecule has 130 valence electrons. The van der Waals surface area contributed by atoms with E-state index >= 15 is 0 Å². The number of ether oxygens (including phenoxy) is 1. The zero-order chi connectivity index (χ0) is 17.8. The maximum Gasteiger partial charge on any atom is 0.257 e. The molecule has 0 bridgehead atoms. The smallest absolute Gasteiger partial charge is 0.257 e. The number of nitrogens with zero attached hydrogens (tertiary/aromatic N) is 1. The molecule has 3 aromatic rings. The minimum Gasteiger partial charge on any atom is -0.484 e. The third-order valence-electron chi connectivity index (χ3n) is 4.03. The van der Waals surface area contributed by atoms with Crippen LogP contribution in [0.3, 0.4) is 0 Å². The summed E-state index contributed by atoms with van der Waals surface area (Å²) in [6.45, 7) is 4.42. The summed E-state index contributed by atoms with van der Waals surface area (Å²) < 4.78 is 18.6. The van der Waals surface area contributed by atoms with Gasteiger partial charge in [-0.1, -0.05) is 6.07 Å². The summed E-state index contributed by atoms with van der Waals surface area (Å²) in [5.41, 5.74) is 3.67. The predicted octanol–water partition coefficient (Wildman–Crippen LogP) is 3.06. The fourth-order valence-electron chi connectivity index (χ4n) is 2.48. The van der Waals surface area contributed by atoms with Crippen molar-refractivity contribution >= 4 is 16.9 Å². The quantitative estimate of drug-likeness (QED) is 0.724. The number of aryl methyl sites for hydroxylation is 2. The number of rotatable bonds is 6. The number of amides is 1. The van der Waals surface area contributed by atoms with Gasteiger partial charge in [-0.3, -0.25) is 4.79 Å². The summed E-state index contributed by atoms with van der Waals surface area (Å²) in [7, 11) is 0. The number of hydrogen-bond donors (Lipinski definition) is 2. The summed E-state index contributed by atoms with van der Waals surface area (Å²) in [5.74, 6) is 0.883. The van der Waals surface area contributed by atoms with E-state index in [0.717, 1.165) is 5.56 Å². The number of carbonyl (C=O) groups is 1. The second-order valence-electron chi connectivity index (χ2n) is 5.98. The lowest BCUT2D eigenvalue weighted by Crippen LogP contribution is -2.30. The van der Waals surface area contributed by atoms with E-state index in [1.54, 1.807) is 6.07 Å². The second-order valence-corrected chi connectivity index (χ2v) is 5.98. The highest BCUT2D eigenvalue weighted by molar-refractivity contribution is 5.77. The number of halogens is 1. The zero-order valence-electron chi connectivity index (χ0n) is 14.2. The Bertz CT molecular complexity index is 905. The second kappa shape index (κ2) is 7.34. The molecule has 3 rings (SSSR count). The minimum atomic E-state index is -0.306. The molecule has 0 atom stereocenters. The van der Waals surface area contributed by atoms with Crippen LogP contribution in [0.2, 0.25) is 0 Å². The van der Waals surface area contributed by atoms with Crippen LogP contribution in [-0.2, 0) is 11.2 Å². The highest BCUT2D eigenvalue weighted by Gasteiger charge is 2.06. The number of carbonyl (C=O) groups excluding carboxylic acids is 1. The van der Waals surface area contributed by atoms with Crippen molar-refractivity contribution in [2.24, 2.45) is 0 Å². The summed E-state index contributed by atoms with van der Waals surface area (Å²) in [6.07, 6.45) is 0.533. The molecule has 0 saturated heterocycles. The standard InChI is InChI=1S/C19H20FN3O2/c1-12-3-5-15(9-13(12)2)25-11-19(24)21-8-7-18-22-16-6-4-14(20)10-17(16)23-18/h3-6,9-10H,7-8,11H2,1-2H3,(H,21,24)(H,22,23). The van der Waals surface area contributed by atoms with Crippen LogP contribution >= 0.6 is 0 Å². The predicted molar refractivity (Wildman–Crippen MR) is 94.2 cm³/mol. The molecule has 0 aliphatic heterocycles. The van der Waals surface area contributed by atoms with Gasteiger partial charge in [0, 0.05) is 13.0 Å². The monoisotopic (exact) mass is 341 g/mol. The molecule has 5 nitrogen and oxygen atoms in total. The zero-order valence-corrected chi connectivity index (χ0v) is 14.2. The van der Waals surface area contributed by atoms with Crippen LogP contribution in [0.5, 0.6) is 5.75 Å². The van der Waals surface area contributed by atoms with E-state index in [1.807, 2.05) is 32.0 Å². The van der Waals surface area contributed by atoms with E-state index in [9.17, 15) is 9.18 Å². The van der Waals surface area contributed by atoms with Gasteiger partial charge in [-0.05, 0) is 55.3 Å². The number of fused-ring (bicyclic) bond motifs is 1. The molecule has 0 fully saturated rings. The van der Waals surface area contributed by atoms with Crippen LogP contribution in [0.4, 0.5) is 4.39 Å². The van der Waals surface area contributed by atoms with E-state index in [2.05, 4.69) is 15.3 Å². The topological polar surface area (TPSA) is 67.0 Å². The molecule has 1 heterocycles. The molecule has 6 heteroatoms. The number of nitrogens with one attached hydrogen (secondary N) is 2. The van der Waals surface area contributed by atoms with Crippen molar-refractivity contribution in [3.05, 3.63) is 59.2 Å². The Balaban J connectivity index is 1.46. The first-order chi connectivity index (χ1) is 12.0. The Morgan fingerprint density at radius 3 is 2.84 bits per heavy atom. The van der Waals surface area contributed by atoms with Crippen LogP contribution in [0, 0.1) is 19.7 Å². The number of H-pyrrole nitrogens is 1. The van der Waals surface area contributed by atoms with Crippen LogP contribution in [0.25, 0.3) is 11.0 Å². The molecule has 1 amide bonds. The van der Waals surface area contributed by atoms with Crippen molar-refractivity contribution in [3.8, 4) is 5.75 Å². The fourth-order valence-corrected chi connectivity index (χ4v) is 2.48. The highest BCUT2D eigenvalue weighted by Crippen LogP contribution is 2.16. The number of hydrogen-bond acceptors (Lipinski definition) is 3. The van der Waals surface area contributed by atoms with Gasteiger partial charge in [-0.2, -0.15) is 0 Å².